The Morgan fingerprint density at radius 2 is 1.88 bits per heavy atom. The van der Waals surface area contributed by atoms with Gasteiger partial charge in [-0.15, -0.1) is 0 Å². The third kappa shape index (κ3) is 4.00. The van der Waals surface area contributed by atoms with E-state index in [2.05, 4.69) is 17.4 Å². The summed E-state index contributed by atoms with van der Waals surface area (Å²) in [5, 5.41) is 21.1. The van der Waals surface area contributed by atoms with Crippen LogP contribution in [0.3, 0.4) is 0 Å². The highest BCUT2D eigenvalue weighted by atomic mass is 16.5. The molecule has 0 heterocycles. The lowest BCUT2D eigenvalue weighted by Crippen LogP contribution is -2.21. The number of hydrogen-bond acceptors (Lipinski definition) is 4. The van der Waals surface area contributed by atoms with E-state index in [-0.39, 0.29) is 13.2 Å². The van der Waals surface area contributed by atoms with Gasteiger partial charge in [-0.1, -0.05) is 12.1 Å². The lowest BCUT2D eigenvalue weighted by molar-refractivity contribution is 0.0531. The Bertz CT molecular complexity index is 343. The quantitative estimate of drug-likeness (QED) is 0.685. The van der Waals surface area contributed by atoms with Crippen molar-refractivity contribution in [2.24, 2.45) is 0 Å². The normalized spacial score (nSPS) is 12.5. The van der Waals surface area contributed by atoms with Crippen LogP contribution in [0.5, 0.6) is 5.75 Å². The van der Waals surface area contributed by atoms with Crippen molar-refractivity contribution in [2.45, 2.75) is 26.5 Å². The number of benzene rings is 1. The predicted octanol–water partition coefficient (Wildman–Crippen LogP) is 0.755. The Labute approximate surface area is 102 Å². The first-order valence-corrected chi connectivity index (χ1v) is 5.75. The molecule has 1 atom stereocenters. The van der Waals surface area contributed by atoms with E-state index in [1.54, 1.807) is 0 Å². The predicted molar refractivity (Wildman–Crippen MR) is 67.3 cm³/mol. The molecule has 0 fully saturated rings. The fourth-order valence-electron chi connectivity index (χ4n) is 1.81. The Hall–Kier alpha value is -1.10. The van der Waals surface area contributed by atoms with Gasteiger partial charge in [0.05, 0.1) is 6.61 Å². The Morgan fingerprint density at radius 1 is 1.29 bits per heavy atom. The molecule has 0 saturated carbocycles. The third-order valence-corrected chi connectivity index (χ3v) is 2.53. The van der Waals surface area contributed by atoms with Gasteiger partial charge in [0.15, 0.2) is 0 Å². The SMILES string of the molecule is CNCc1cc(C)c(OCC(O)CO)c(C)c1. The highest BCUT2D eigenvalue weighted by Crippen LogP contribution is 2.24. The minimum absolute atomic E-state index is 0.115. The second kappa shape index (κ2) is 6.59. The van der Waals surface area contributed by atoms with E-state index in [4.69, 9.17) is 9.84 Å². The smallest absolute Gasteiger partial charge is 0.125 e. The second-order valence-electron chi connectivity index (χ2n) is 4.24. The maximum atomic E-state index is 9.25. The molecule has 0 aromatic heterocycles. The van der Waals surface area contributed by atoms with Crippen LogP contribution in [-0.2, 0) is 6.54 Å². The van der Waals surface area contributed by atoms with Gasteiger partial charge in [0.1, 0.15) is 18.5 Å². The van der Waals surface area contributed by atoms with Gasteiger partial charge < -0.3 is 20.3 Å². The van der Waals surface area contributed by atoms with Crippen molar-refractivity contribution < 1.29 is 14.9 Å². The molecule has 0 spiro atoms. The lowest BCUT2D eigenvalue weighted by Gasteiger charge is -2.15. The first kappa shape index (κ1) is 14.0. The standard InChI is InChI=1S/C13H21NO3/c1-9-4-11(6-14-3)5-10(2)13(9)17-8-12(16)7-15/h4-5,12,14-16H,6-8H2,1-3H3. The van der Waals surface area contributed by atoms with Crippen LogP contribution in [0.4, 0.5) is 0 Å². The summed E-state index contributed by atoms with van der Waals surface area (Å²) in [6.45, 7) is 4.61. The molecule has 96 valence electrons. The van der Waals surface area contributed by atoms with E-state index in [0.29, 0.717) is 0 Å². The van der Waals surface area contributed by atoms with Crippen molar-refractivity contribution in [3.63, 3.8) is 0 Å². The third-order valence-electron chi connectivity index (χ3n) is 2.53. The molecular weight excluding hydrogens is 218 g/mol. The monoisotopic (exact) mass is 239 g/mol. The van der Waals surface area contributed by atoms with Gasteiger partial charge in [-0.3, -0.25) is 0 Å². The second-order valence-corrected chi connectivity index (χ2v) is 4.24. The molecule has 0 aliphatic heterocycles. The Kier molecular flexibility index (Phi) is 5.41. The van der Waals surface area contributed by atoms with Gasteiger partial charge >= 0.3 is 0 Å². The van der Waals surface area contributed by atoms with Crippen molar-refractivity contribution >= 4 is 0 Å². The van der Waals surface area contributed by atoms with Crippen LogP contribution in [0, 0.1) is 13.8 Å². The molecular formula is C13H21NO3. The fourth-order valence-corrected chi connectivity index (χ4v) is 1.81. The van der Waals surface area contributed by atoms with Gasteiger partial charge in [0, 0.05) is 6.54 Å². The summed E-state index contributed by atoms with van der Waals surface area (Å²) in [7, 11) is 1.91. The number of aliphatic hydroxyl groups excluding tert-OH is 2. The summed E-state index contributed by atoms with van der Waals surface area (Å²) in [6.07, 6.45) is -0.828. The molecule has 0 amide bonds. The summed E-state index contributed by atoms with van der Waals surface area (Å²) in [6, 6.07) is 4.12. The molecule has 1 rings (SSSR count). The number of aryl methyl sites for hydroxylation is 2. The first-order chi connectivity index (χ1) is 8.08. The zero-order chi connectivity index (χ0) is 12.8. The van der Waals surface area contributed by atoms with Crippen LogP contribution >= 0.6 is 0 Å². The molecule has 4 heteroatoms. The maximum absolute atomic E-state index is 9.25. The van der Waals surface area contributed by atoms with E-state index in [9.17, 15) is 5.11 Å². The summed E-state index contributed by atoms with van der Waals surface area (Å²) in [5.74, 6) is 0.789. The van der Waals surface area contributed by atoms with E-state index in [1.165, 1.54) is 5.56 Å². The van der Waals surface area contributed by atoms with Crippen molar-refractivity contribution in [1.29, 1.82) is 0 Å². The molecule has 17 heavy (non-hydrogen) atoms. The zero-order valence-electron chi connectivity index (χ0n) is 10.7. The van der Waals surface area contributed by atoms with Crippen molar-refractivity contribution in [1.82, 2.24) is 5.32 Å². The molecule has 1 unspecified atom stereocenters. The van der Waals surface area contributed by atoms with E-state index in [1.807, 2.05) is 20.9 Å². The summed E-state index contributed by atoms with van der Waals surface area (Å²) >= 11 is 0. The maximum Gasteiger partial charge on any atom is 0.125 e. The molecule has 1 aromatic rings. The Balaban J connectivity index is 2.78. The van der Waals surface area contributed by atoms with Crippen LogP contribution in [0.25, 0.3) is 0 Å². The average molecular weight is 239 g/mol. The molecule has 0 aliphatic carbocycles. The topological polar surface area (TPSA) is 61.7 Å². The molecule has 0 radical (unpaired) electrons. The summed E-state index contributed by atoms with van der Waals surface area (Å²) in [5.41, 5.74) is 3.29. The van der Waals surface area contributed by atoms with Crippen molar-refractivity contribution in [3.8, 4) is 5.75 Å². The van der Waals surface area contributed by atoms with Gasteiger partial charge in [0.2, 0.25) is 0 Å². The van der Waals surface area contributed by atoms with E-state index < -0.39 is 6.10 Å². The summed E-state index contributed by atoms with van der Waals surface area (Å²) < 4.78 is 5.52. The van der Waals surface area contributed by atoms with E-state index in [0.717, 1.165) is 23.4 Å². The Morgan fingerprint density at radius 3 is 2.35 bits per heavy atom. The van der Waals surface area contributed by atoms with E-state index >= 15 is 0 Å². The van der Waals surface area contributed by atoms with Crippen LogP contribution < -0.4 is 10.1 Å². The van der Waals surface area contributed by atoms with Gasteiger partial charge in [-0.2, -0.15) is 0 Å². The average Bonchev–Trinajstić information content (AvgIpc) is 2.28. The molecule has 1 aromatic carbocycles. The highest BCUT2D eigenvalue weighted by Gasteiger charge is 2.09. The number of hydrogen-bond donors (Lipinski definition) is 3. The molecule has 0 aliphatic rings. The number of rotatable bonds is 6. The van der Waals surface area contributed by atoms with Gasteiger partial charge in [-0.05, 0) is 37.6 Å². The lowest BCUT2D eigenvalue weighted by atomic mass is 10.1. The molecule has 3 N–H and O–H groups in total. The van der Waals surface area contributed by atoms with Gasteiger partial charge in [-0.25, -0.2) is 0 Å². The van der Waals surface area contributed by atoms with Crippen molar-refractivity contribution in [2.75, 3.05) is 20.3 Å². The highest BCUT2D eigenvalue weighted by molar-refractivity contribution is 5.43. The number of nitrogens with one attached hydrogen (secondary N) is 1. The minimum Gasteiger partial charge on any atom is -0.490 e. The van der Waals surface area contributed by atoms with Crippen LogP contribution in [-0.4, -0.2) is 36.6 Å². The molecule has 0 saturated heterocycles. The molecule has 0 bridgehead atoms. The minimum atomic E-state index is -0.828. The van der Waals surface area contributed by atoms with Gasteiger partial charge in [0.25, 0.3) is 0 Å². The number of ether oxygens (including phenoxy) is 1. The number of aliphatic hydroxyl groups is 2. The fraction of sp³-hybridized carbons (Fsp3) is 0.538. The molecule has 4 nitrogen and oxygen atoms in total. The van der Waals surface area contributed by atoms with Crippen LogP contribution in [0.15, 0.2) is 12.1 Å². The van der Waals surface area contributed by atoms with Crippen LogP contribution in [0.2, 0.25) is 0 Å². The zero-order valence-corrected chi connectivity index (χ0v) is 10.7. The van der Waals surface area contributed by atoms with Crippen LogP contribution in [0.1, 0.15) is 16.7 Å². The van der Waals surface area contributed by atoms with Crippen molar-refractivity contribution in [3.05, 3.63) is 28.8 Å². The summed E-state index contributed by atoms with van der Waals surface area (Å²) in [4.78, 5) is 0. The largest absolute Gasteiger partial charge is 0.490 e. The first-order valence-electron chi connectivity index (χ1n) is 5.75.